The zero-order valence-corrected chi connectivity index (χ0v) is 17.2. The highest BCUT2D eigenvalue weighted by molar-refractivity contribution is 5.97. The van der Waals surface area contributed by atoms with E-state index < -0.39 is 16.4 Å². The summed E-state index contributed by atoms with van der Waals surface area (Å²) in [5.74, 6) is -0.876. The molecule has 0 radical (unpaired) electrons. The van der Waals surface area contributed by atoms with E-state index in [9.17, 15) is 14.5 Å². The van der Waals surface area contributed by atoms with Gasteiger partial charge in [-0.1, -0.05) is 18.2 Å². The van der Waals surface area contributed by atoms with Crippen LogP contribution in [0.15, 0.2) is 55.0 Å². The number of aromatic nitrogens is 3. The zero-order valence-electron chi connectivity index (χ0n) is 17.2. The lowest BCUT2D eigenvalue weighted by atomic mass is 10.1. The van der Waals surface area contributed by atoms with Crippen molar-refractivity contribution < 1.29 is 18.8 Å². The number of para-hydroxylation sites is 1. The number of nitro groups is 1. The number of methoxy groups -OCH3 is 1. The van der Waals surface area contributed by atoms with Crippen LogP contribution < -0.4 is 10.5 Å². The van der Waals surface area contributed by atoms with Crippen molar-refractivity contribution in [1.29, 1.82) is 0 Å². The highest BCUT2D eigenvalue weighted by atomic mass is 19.1. The first-order valence-electron chi connectivity index (χ1n) is 9.73. The van der Waals surface area contributed by atoms with Gasteiger partial charge in [0, 0.05) is 41.3 Å². The van der Waals surface area contributed by atoms with Crippen molar-refractivity contribution in [3.8, 4) is 17.0 Å². The lowest BCUT2D eigenvalue weighted by Crippen LogP contribution is -2.16. The van der Waals surface area contributed by atoms with Gasteiger partial charge in [0.15, 0.2) is 0 Å². The molecule has 3 heterocycles. The Bertz CT molecular complexity index is 1280. The van der Waals surface area contributed by atoms with E-state index in [4.69, 9.17) is 10.5 Å². The molecule has 0 spiro atoms. The van der Waals surface area contributed by atoms with Crippen LogP contribution in [0.2, 0.25) is 0 Å². The van der Waals surface area contributed by atoms with Crippen molar-refractivity contribution in [3.05, 3.63) is 76.6 Å². The predicted octanol–water partition coefficient (Wildman–Crippen LogP) is 3.95. The van der Waals surface area contributed by atoms with E-state index in [-0.39, 0.29) is 11.4 Å². The molecule has 0 bridgehead atoms. The quantitative estimate of drug-likeness (QED) is 0.293. The average molecular weight is 437 g/mol. The molecule has 0 amide bonds. The Balaban J connectivity index is 0.000000166. The van der Waals surface area contributed by atoms with Gasteiger partial charge >= 0.3 is 5.69 Å². The number of nitrogens with zero attached hydrogens (tertiary/aromatic N) is 4. The lowest BCUT2D eigenvalue weighted by Gasteiger charge is -2.17. The van der Waals surface area contributed by atoms with Crippen molar-refractivity contribution in [3.63, 3.8) is 0 Å². The molecule has 2 aromatic carbocycles. The monoisotopic (exact) mass is 437 g/mol. The molecule has 0 unspecified atom stereocenters. The maximum absolute atomic E-state index is 12.9. The second-order valence-electron chi connectivity index (χ2n) is 6.94. The van der Waals surface area contributed by atoms with Crippen molar-refractivity contribution in [1.82, 2.24) is 14.5 Å². The number of nitrogen functional groups attached to an aromatic ring is 1. The van der Waals surface area contributed by atoms with Crippen molar-refractivity contribution >= 4 is 22.3 Å². The van der Waals surface area contributed by atoms with E-state index in [1.54, 1.807) is 12.5 Å². The molecule has 2 aromatic heterocycles. The van der Waals surface area contributed by atoms with Gasteiger partial charge in [-0.25, -0.2) is 9.97 Å². The van der Waals surface area contributed by atoms with Crippen LogP contribution in [0.25, 0.3) is 22.2 Å². The Morgan fingerprint density at radius 1 is 1.28 bits per heavy atom. The van der Waals surface area contributed by atoms with E-state index in [1.165, 1.54) is 29.3 Å². The first-order chi connectivity index (χ1) is 15.5. The number of hydrogen-bond donors (Lipinski definition) is 1. The average Bonchev–Trinajstić information content (AvgIpc) is 3.15. The van der Waals surface area contributed by atoms with Crippen LogP contribution in [0.1, 0.15) is 5.69 Å². The van der Waals surface area contributed by atoms with Gasteiger partial charge in [0.25, 0.3) is 0 Å². The number of ether oxygens (including phenoxy) is 2. The number of fused-ring (bicyclic) bond motifs is 3. The second-order valence-corrected chi connectivity index (χ2v) is 6.94. The molecule has 1 aliphatic rings. The molecular weight excluding hydrogens is 417 g/mol. The Morgan fingerprint density at radius 3 is 2.81 bits per heavy atom. The van der Waals surface area contributed by atoms with Crippen LogP contribution in [0.3, 0.4) is 0 Å². The normalized spacial score (nSPS) is 12.6. The molecule has 0 saturated carbocycles. The molecule has 9 nitrogen and oxygen atoms in total. The first kappa shape index (κ1) is 21.2. The largest absolute Gasteiger partial charge is 0.494 e. The summed E-state index contributed by atoms with van der Waals surface area (Å²) in [6.45, 7) is 2.32. The Labute approximate surface area is 182 Å². The van der Waals surface area contributed by atoms with Gasteiger partial charge in [-0.3, -0.25) is 10.1 Å². The highest BCUT2D eigenvalue weighted by Crippen LogP contribution is 2.35. The summed E-state index contributed by atoms with van der Waals surface area (Å²) in [7, 11) is 1.30. The van der Waals surface area contributed by atoms with Crippen molar-refractivity contribution in [2.45, 2.75) is 13.2 Å². The highest BCUT2D eigenvalue weighted by Gasteiger charge is 2.21. The molecule has 1 aliphatic heterocycles. The smallest absolute Gasteiger partial charge is 0.307 e. The standard InChI is InChI=1S/C15H13N3O.C7H7FN2O3/c1-2-4-13-11(3-1)15(12-5-6-16-10-17-12)14-9-19-8-7-18(13)14;1-13-7-2-4(8)6(10(11)12)3-5(7)9/h1-6,10H,7-9H2;2-3H,9H2,1H3. The van der Waals surface area contributed by atoms with E-state index in [0.717, 1.165) is 31.0 Å². The van der Waals surface area contributed by atoms with Gasteiger partial charge < -0.3 is 19.8 Å². The Morgan fingerprint density at radius 2 is 2.09 bits per heavy atom. The minimum Gasteiger partial charge on any atom is -0.494 e. The third-order valence-electron chi connectivity index (χ3n) is 5.11. The molecule has 5 rings (SSSR count). The van der Waals surface area contributed by atoms with Crippen LogP contribution in [-0.4, -0.2) is 33.2 Å². The Kier molecular flexibility index (Phi) is 5.95. The van der Waals surface area contributed by atoms with E-state index in [1.807, 2.05) is 6.07 Å². The maximum Gasteiger partial charge on any atom is 0.307 e. The third-order valence-corrected chi connectivity index (χ3v) is 5.11. The SMILES string of the molecule is COc1cc(F)c([N+](=O)[O-])cc1N.c1ccc2c(c1)c(-c1ccncn1)c1n2CCOC1. The van der Waals surface area contributed by atoms with Crippen LogP contribution in [0.4, 0.5) is 15.8 Å². The molecule has 0 aliphatic carbocycles. The number of rotatable bonds is 3. The van der Waals surface area contributed by atoms with Crippen molar-refractivity contribution in [2.75, 3.05) is 19.5 Å². The molecule has 164 valence electrons. The topological polar surface area (TPSA) is 118 Å². The van der Waals surface area contributed by atoms with E-state index in [0.29, 0.717) is 6.61 Å². The Hall–Kier alpha value is -4.05. The fourth-order valence-electron chi connectivity index (χ4n) is 3.69. The number of benzene rings is 2. The lowest BCUT2D eigenvalue weighted by molar-refractivity contribution is -0.387. The van der Waals surface area contributed by atoms with Gasteiger partial charge in [0.1, 0.15) is 12.1 Å². The first-order valence-corrected chi connectivity index (χ1v) is 9.73. The summed E-state index contributed by atoms with van der Waals surface area (Å²) in [6, 6.07) is 12.2. The fraction of sp³-hybridized carbons (Fsp3) is 0.182. The van der Waals surface area contributed by atoms with Crippen LogP contribution >= 0.6 is 0 Å². The number of nitro benzene ring substituents is 1. The molecule has 0 fully saturated rings. The third kappa shape index (κ3) is 3.95. The van der Waals surface area contributed by atoms with Gasteiger partial charge in [-0.15, -0.1) is 0 Å². The van der Waals surface area contributed by atoms with Gasteiger partial charge in [-0.05, 0) is 12.1 Å². The van der Waals surface area contributed by atoms with Crippen LogP contribution in [0.5, 0.6) is 5.75 Å². The maximum atomic E-state index is 12.9. The summed E-state index contributed by atoms with van der Waals surface area (Å²) in [5, 5.41) is 11.5. The van der Waals surface area contributed by atoms with Crippen LogP contribution in [0, 0.1) is 15.9 Å². The summed E-state index contributed by atoms with van der Waals surface area (Å²) >= 11 is 0. The minimum absolute atomic E-state index is 0.0376. The van der Waals surface area contributed by atoms with Gasteiger partial charge in [0.05, 0.1) is 42.3 Å². The number of halogens is 1. The molecule has 32 heavy (non-hydrogen) atoms. The fourth-order valence-corrected chi connectivity index (χ4v) is 3.69. The van der Waals surface area contributed by atoms with E-state index in [2.05, 4.69) is 43.5 Å². The predicted molar refractivity (Wildman–Crippen MR) is 117 cm³/mol. The summed E-state index contributed by atoms with van der Waals surface area (Å²) in [6.07, 6.45) is 3.38. The molecule has 10 heteroatoms. The van der Waals surface area contributed by atoms with Crippen molar-refractivity contribution in [2.24, 2.45) is 0 Å². The minimum atomic E-state index is -0.962. The zero-order chi connectivity index (χ0) is 22.7. The summed E-state index contributed by atoms with van der Waals surface area (Å²) in [4.78, 5) is 17.8. The van der Waals surface area contributed by atoms with Crippen LogP contribution in [-0.2, 0) is 17.9 Å². The van der Waals surface area contributed by atoms with E-state index >= 15 is 0 Å². The second kappa shape index (κ2) is 8.98. The molecule has 0 saturated heterocycles. The number of hydrogen-bond acceptors (Lipinski definition) is 7. The molecule has 2 N–H and O–H groups in total. The number of nitrogens with two attached hydrogens (primary N) is 1. The number of anilines is 1. The molecule has 0 atom stereocenters. The summed E-state index contributed by atoms with van der Waals surface area (Å²) < 4.78 is 25.5. The van der Waals surface area contributed by atoms with Gasteiger partial charge in [0.2, 0.25) is 5.82 Å². The molecule has 4 aromatic rings. The van der Waals surface area contributed by atoms with Gasteiger partial charge in [-0.2, -0.15) is 4.39 Å². The molecular formula is C22H20FN5O4. The summed E-state index contributed by atoms with van der Waals surface area (Å²) in [5.41, 5.74) is 9.34.